The van der Waals surface area contributed by atoms with Gasteiger partial charge in [0.1, 0.15) is 16.2 Å². The van der Waals surface area contributed by atoms with Crippen molar-refractivity contribution in [3.05, 3.63) is 55.2 Å². The zero-order valence-electron chi connectivity index (χ0n) is 16.9. The zero-order chi connectivity index (χ0) is 24.4. The summed E-state index contributed by atoms with van der Waals surface area (Å²) in [5, 5.41) is 19.2. The molecule has 34 heavy (non-hydrogen) atoms. The quantitative estimate of drug-likeness (QED) is 0.419. The minimum absolute atomic E-state index is 0.0832. The first-order chi connectivity index (χ1) is 16.0. The topological polar surface area (TPSA) is 114 Å². The van der Waals surface area contributed by atoms with Gasteiger partial charge in [0, 0.05) is 3.57 Å². The van der Waals surface area contributed by atoms with E-state index >= 15 is 0 Å². The molecule has 1 aliphatic heterocycles. The van der Waals surface area contributed by atoms with Crippen molar-refractivity contribution in [1.82, 2.24) is 9.78 Å². The predicted molar refractivity (Wildman–Crippen MR) is 128 cm³/mol. The third-order valence-corrected chi connectivity index (χ3v) is 8.30. The molecule has 178 valence electrons. The number of nitrogens with zero attached hydrogens (tertiary/aromatic N) is 3. The molecule has 5 rings (SSSR count). The number of rotatable bonds is 4. The Morgan fingerprint density at radius 2 is 2.00 bits per heavy atom. The molecule has 0 amide bonds. The van der Waals surface area contributed by atoms with Crippen LogP contribution in [0.15, 0.2) is 49.8 Å². The predicted octanol–water partition coefficient (Wildman–Crippen LogP) is 4.36. The maximum atomic E-state index is 14.0. The number of hydrogen-bond acceptors (Lipinski definition) is 7. The lowest BCUT2D eigenvalue weighted by atomic mass is 10.1. The molecule has 2 aliphatic rings. The fourth-order valence-corrected chi connectivity index (χ4v) is 6.34. The zero-order valence-corrected chi connectivity index (χ0v) is 20.7. The first kappa shape index (κ1) is 23.3. The molecule has 3 aromatic rings. The molecule has 0 radical (unpaired) electrons. The number of anilines is 1. The summed E-state index contributed by atoms with van der Waals surface area (Å²) < 4.78 is 72.2. The third-order valence-electron chi connectivity index (χ3n) is 5.44. The van der Waals surface area contributed by atoms with Crippen molar-refractivity contribution in [2.75, 3.05) is 5.32 Å². The molecule has 1 saturated carbocycles. The average molecular weight is 622 g/mol. The molecule has 3 heterocycles. The van der Waals surface area contributed by atoms with Gasteiger partial charge in [0.05, 0.1) is 10.6 Å². The van der Waals surface area contributed by atoms with Crippen LogP contribution in [0.1, 0.15) is 24.4 Å². The molecule has 1 fully saturated rings. The molecule has 1 aliphatic carbocycles. The van der Waals surface area contributed by atoms with Crippen LogP contribution in [0.25, 0.3) is 10.6 Å². The van der Waals surface area contributed by atoms with Crippen LogP contribution in [0.3, 0.4) is 0 Å². The number of aromatic nitrogens is 2. The van der Waals surface area contributed by atoms with Gasteiger partial charge in [-0.1, -0.05) is 6.07 Å². The van der Waals surface area contributed by atoms with Crippen molar-refractivity contribution < 1.29 is 26.7 Å². The minimum Gasteiger partial charge on any atom is -0.505 e. The summed E-state index contributed by atoms with van der Waals surface area (Å²) in [6, 6.07) is 5.34. The van der Waals surface area contributed by atoms with Crippen LogP contribution in [-0.2, 0) is 10.0 Å². The fraction of sp³-hybridized carbons (Fsp3) is 0.250. The summed E-state index contributed by atoms with van der Waals surface area (Å²) in [4.78, 5) is 13.5. The van der Waals surface area contributed by atoms with E-state index in [0.29, 0.717) is 13.1 Å². The van der Waals surface area contributed by atoms with Crippen LogP contribution in [0.2, 0.25) is 0 Å². The number of fused-ring (bicyclic) bond motifs is 1. The van der Waals surface area contributed by atoms with E-state index in [-0.39, 0.29) is 29.1 Å². The first-order valence-corrected chi connectivity index (χ1v) is 13.3. The van der Waals surface area contributed by atoms with Crippen molar-refractivity contribution >= 4 is 55.5 Å². The van der Waals surface area contributed by atoms with Crippen LogP contribution in [0.5, 0.6) is 5.75 Å². The first-order valence-electron chi connectivity index (χ1n) is 9.85. The molecular weight excluding hydrogens is 608 g/mol. The molecule has 2 aromatic heterocycles. The number of halogens is 4. The van der Waals surface area contributed by atoms with E-state index in [0.717, 1.165) is 11.3 Å². The molecule has 0 saturated heterocycles. The highest BCUT2D eigenvalue weighted by Crippen LogP contribution is 2.48. The van der Waals surface area contributed by atoms with E-state index in [1.165, 1.54) is 18.2 Å². The minimum atomic E-state index is -4.78. The molecular formula is C20H14F3IN4O4S2. The van der Waals surface area contributed by atoms with Gasteiger partial charge in [-0.15, -0.1) is 15.7 Å². The summed E-state index contributed by atoms with van der Waals surface area (Å²) in [5.41, 5.74) is -2.17. The normalized spacial score (nSPS) is 18.1. The van der Waals surface area contributed by atoms with Crippen molar-refractivity contribution in [3.8, 4) is 16.3 Å². The second kappa shape index (κ2) is 8.05. The Morgan fingerprint density at radius 1 is 1.26 bits per heavy atom. The van der Waals surface area contributed by atoms with E-state index < -0.39 is 50.9 Å². The van der Waals surface area contributed by atoms with Gasteiger partial charge in [-0.2, -0.15) is 26.7 Å². The maximum absolute atomic E-state index is 14.0. The third kappa shape index (κ3) is 4.00. The standard InChI is InChI=1S/C20H14F3IN4O4S2/c21-20(22,23)17(9-3-4-9)28-19(30)14(16(29)15(26-28)12-2-1-7-33-12)18-25-11-6-5-10(24)8-13(11)34(31,32)27-18/h1-2,5-9,17,29H,3-4H2,(H,25,27). The molecule has 8 nitrogen and oxygen atoms in total. The van der Waals surface area contributed by atoms with Gasteiger partial charge in [-0.3, -0.25) is 4.79 Å². The summed E-state index contributed by atoms with van der Waals surface area (Å²) in [5.74, 6) is -2.16. The second-order valence-corrected chi connectivity index (χ2v) is 11.6. The van der Waals surface area contributed by atoms with E-state index in [2.05, 4.69) is 14.8 Å². The largest absolute Gasteiger partial charge is 0.505 e. The Balaban J connectivity index is 1.78. The highest BCUT2D eigenvalue weighted by molar-refractivity contribution is 14.1. The summed E-state index contributed by atoms with van der Waals surface area (Å²) >= 11 is 3.02. The van der Waals surface area contributed by atoms with Crippen LogP contribution in [-0.4, -0.2) is 35.3 Å². The van der Waals surface area contributed by atoms with Crippen molar-refractivity contribution in [2.45, 2.75) is 30.0 Å². The van der Waals surface area contributed by atoms with Crippen LogP contribution >= 0.6 is 33.9 Å². The van der Waals surface area contributed by atoms with Crippen LogP contribution < -0.4 is 10.9 Å². The number of aromatic hydroxyl groups is 1. The van der Waals surface area contributed by atoms with Crippen LogP contribution in [0, 0.1) is 9.49 Å². The Kier molecular flexibility index (Phi) is 5.51. The lowest BCUT2D eigenvalue weighted by Crippen LogP contribution is -2.41. The Labute approximate surface area is 208 Å². The Bertz CT molecular complexity index is 1500. The fourth-order valence-electron chi connectivity index (χ4n) is 3.77. The molecule has 1 atom stereocenters. The Hall–Kier alpha value is -2.46. The van der Waals surface area contributed by atoms with E-state index in [9.17, 15) is 31.5 Å². The monoisotopic (exact) mass is 622 g/mol. The van der Waals surface area contributed by atoms with Crippen molar-refractivity contribution in [3.63, 3.8) is 0 Å². The summed E-state index contributed by atoms with van der Waals surface area (Å²) in [7, 11) is -4.31. The van der Waals surface area contributed by atoms with Gasteiger partial charge in [-0.05, 0) is 71.0 Å². The lowest BCUT2D eigenvalue weighted by molar-refractivity contribution is -0.176. The van der Waals surface area contributed by atoms with Gasteiger partial charge < -0.3 is 10.4 Å². The number of nitrogens with one attached hydrogen (secondary N) is 1. The van der Waals surface area contributed by atoms with Gasteiger partial charge >= 0.3 is 6.18 Å². The number of thiophene rings is 1. The van der Waals surface area contributed by atoms with Gasteiger partial charge in [0.15, 0.2) is 17.6 Å². The van der Waals surface area contributed by atoms with Gasteiger partial charge in [0.2, 0.25) is 0 Å². The average Bonchev–Trinajstić information content (AvgIpc) is 3.41. The molecule has 14 heteroatoms. The summed E-state index contributed by atoms with van der Waals surface area (Å²) in [6.45, 7) is 0. The Morgan fingerprint density at radius 3 is 2.62 bits per heavy atom. The molecule has 2 N–H and O–H groups in total. The van der Waals surface area contributed by atoms with Crippen molar-refractivity contribution in [1.29, 1.82) is 0 Å². The van der Waals surface area contributed by atoms with E-state index in [4.69, 9.17) is 0 Å². The molecule has 0 spiro atoms. The smallest absolute Gasteiger partial charge is 0.411 e. The number of amidine groups is 1. The number of alkyl halides is 3. The molecule has 1 unspecified atom stereocenters. The molecule has 0 bridgehead atoms. The van der Waals surface area contributed by atoms with E-state index in [1.807, 2.05) is 22.6 Å². The highest BCUT2D eigenvalue weighted by atomic mass is 127. The second-order valence-electron chi connectivity index (χ2n) is 7.80. The summed E-state index contributed by atoms with van der Waals surface area (Å²) in [6.07, 6.45) is -4.25. The highest BCUT2D eigenvalue weighted by Gasteiger charge is 2.52. The van der Waals surface area contributed by atoms with Crippen molar-refractivity contribution in [2.24, 2.45) is 10.3 Å². The molecule has 1 aromatic carbocycles. The van der Waals surface area contributed by atoms with Gasteiger partial charge in [-0.25, -0.2) is 4.68 Å². The number of sulfonamides is 1. The van der Waals surface area contributed by atoms with Gasteiger partial charge in [0.25, 0.3) is 15.6 Å². The van der Waals surface area contributed by atoms with E-state index in [1.54, 1.807) is 17.5 Å². The SMILES string of the molecule is O=c1c(C2=NS(=O)(=O)c3cc(I)ccc3N2)c(O)c(-c2cccs2)nn1C(C1CC1)C(F)(F)F. The number of hydrogen-bond donors (Lipinski definition) is 2. The van der Waals surface area contributed by atoms with Crippen LogP contribution in [0.4, 0.5) is 18.9 Å². The number of benzene rings is 1. The maximum Gasteiger partial charge on any atom is 0.411 e. The lowest BCUT2D eigenvalue weighted by Gasteiger charge is -2.24.